The Morgan fingerprint density at radius 1 is 1.17 bits per heavy atom. The van der Waals surface area contributed by atoms with E-state index in [2.05, 4.69) is 62.4 Å². The molecule has 0 unspecified atom stereocenters. The average molecular weight is 411 g/mol. The van der Waals surface area contributed by atoms with Crippen molar-refractivity contribution in [2.24, 2.45) is 0 Å². The first-order chi connectivity index (χ1) is 13.9. The second-order valence-electron chi connectivity index (χ2n) is 7.73. The molecule has 6 heteroatoms. The minimum atomic E-state index is 0.0891. The van der Waals surface area contributed by atoms with Crippen molar-refractivity contribution < 1.29 is 4.79 Å². The van der Waals surface area contributed by atoms with Crippen molar-refractivity contribution in [3.05, 3.63) is 52.8 Å². The number of aryl methyl sites for hydroxylation is 3. The van der Waals surface area contributed by atoms with Crippen molar-refractivity contribution in [2.45, 2.75) is 58.4 Å². The summed E-state index contributed by atoms with van der Waals surface area (Å²) in [5.41, 5.74) is 5.51. The Kier molecular flexibility index (Phi) is 6.96. The van der Waals surface area contributed by atoms with Crippen LogP contribution in [-0.2, 0) is 11.2 Å². The molecule has 1 N–H and O–H groups in total. The van der Waals surface area contributed by atoms with Crippen LogP contribution in [0.3, 0.4) is 0 Å². The fourth-order valence-corrected chi connectivity index (χ4v) is 4.23. The predicted octanol–water partition coefficient (Wildman–Crippen LogP) is 4.78. The van der Waals surface area contributed by atoms with Crippen molar-refractivity contribution in [3.63, 3.8) is 0 Å². The molecule has 29 heavy (non-hydrogen) atoms. The maximum Gasteiger partial charge on any atom is 0.220 e. The highest BCUT2D eigenvalue weighted by molar-refractivity contribution is 7.99. The Morgan fingerprint density at radius 2 is 1.90 bits per heavy atom. The molecule has 1 aromatic carbocycles. The topological polar surface area (TPSA) is 59.8 Å². The summed E-state index contributed by atoms with van der Waals surface area (Å²) in [5.74, 6) is 0.959. The van der Waals surface area contributed by atoms with Crippen molar-refractivity contribution in [1.82, 2.24) is 20.1 Å². The summed E-state index contributed by atoms with van der Waals surface area (Å²) in [4.78, 5) is 18.3. The highest BCUT2D eigenvalue weighted by Gasteiger charge is 2.15. The van der Waals surface area contributed by atoms with Gasteiger partial charge in [-0.3, -0.25) is 4.79 Å². The molecule has 0 fully saturated rings. The van der Waals surface area contributed by atoms with Gasteiger partial charge in [0.15, 0.2) is 5.65 Å². The summed E-state index contributed by atoms with van der Waals surface area (Å²) in [6.07, 6.45) is 3.07. The molecular weight excluding hydrogens is 380 g/mol. The number of nitrogens with one attached hydrogen (secondary N) is 1. The van der Waals surface area contributed by atoms with Gasteiger partial charge in [0.2, 0.25) is 5.91 Å². The molecule has 1 amide bonds. The monoisotopic (exact) mass is 410 g/mol. The second-order valence-corrected chi connectivity index (χ2v) is 8.90. The lowest BCUT2D eigenvalue weighted by Gasteiger charge is -2.12. The van der Waals surface area contributed by atoms with Crippen LogP contribution >= 0.6 is 11.8 Å². The Hall–Kier alpha value is -2.34. The number of amides is 1. The second kappa shape index (κ2) is 9.44. The van der Waals surface area contributed by atoms with Gasteiger partial charge in [0.25, 0.3) is 0 Å². The third kappa shape index (κ3) is 5.18. The smallest absolute Gasteiger partial charge is 0.220 e. The Labute approximate surface area is 177 Å². The van der Waals surface area contributed by atoms with Gasteiger partial charge in [-0.15, -0.1) is 11.8 Å². The number of benzene rings is 1. The summed E-state index contributed by atoms with van der Waals surface area (Å²) in [5, 5.41) is 8.60. The molecule has 2 heterocycles. The summed E-state index contributed by atoms with van der Waals surface area (Å²) < 4.78 is 1.96. The number of hydrogen-bond acceptors (Lipinski definition) is 4. The summed E-state index contributed by atoms with van der Waals surface area (Å²) >= 11 is 1.76. The van der Waals surface area contributed by atoms with Crippen LogP contribution in [0.25, 0.3) is 11.0 Å². The third-order valence-corrected chi connectivity index (χ3v) is 6.16. The quantitative estimate of drug-likeness (QED) is 0.429. The van der Waals surface area contributed by atoms with Gasteiger partial charge >= 0.3 is 0 Å². The maximum atomic E-state index is 12.3. The number of aromatic nitrogens is 3. The van der Waals surface area contributed by atoms with E-state index >= 15 is 0 Å². The molecule has 5 nitrogen and oxygen atoms in total. The van der Waals surface area contributed by atoms with Crippen LogP contribution in [0, 0.1) is 20.8 Å². The van der Waals surface area contributed by atoms with Gasteiger partial charge in [0.1, 0.15) is 0 Å². The molecular formula is C23H30N4OS. The third-order valence-electron chi connectivity index (χ3n) is 5.14. The molecule has 2 aromatic heterocycles. The summed E-state index contributed by atoms with van der Waals surface area (Å²) in [7, 11) is 0. The van der Waals surface area contributed by atoms with E-state index in [0.717, 1.165) is 28.0 Å². The first-order valence-electron chi connectivity index (χ1n) is 10.2. The van der Waals surface area contributed by atoms with E-state index in [4.69, 9.17) is 4.98 Å². The zero-order valence-electron chi connectivity index (χ0n) is 18.0. The highest BCUT2D eigenvalue weighted by Crippen LogP contribution is 2.25. The van der Waals surface area contributed by atoms with E-state index in [1.54, 1.807) is 11.8 Å². The van der Waals surface area contributed by atoms with Crippen LogP contribution in [-0.4, -0.2) is 33.0 Å². The van der Waals surface area contributed by atoms with E-state index in [9.17, 15) is 4.79 Å². The van der Waals surface area contributed by atoms with E-state index in [0.29, 0.717) is 19.4 Å². The lowest BCUT2D eigenvalue weighted by Crippen LogP contribution is -2.26. The minimum Gasteiger partial charge on any atom is -0.355 e. The van der Waals surface area contributed by atoms with Crippen LogP contribution in [0.4, 0.5) is 0 Å². The molecule has 0 saturated heterocycles. The molecule has 0 radical (unpaired) electrons. The lowest BCUT2D eigenvalue weighted by atomic mass is 10.0. The normalized spacial score (nSPS) is 11.4. The van der Waals surface area contributed by atoms with Crippen molar-refractivity contribution in [1.29, 1.82) is 0 Å². The first kappa shape index (κ1) is 21.4. The fraction of sp³-hybridized carbons (Fsp3) is 0.435. The molecule has 3 rings (SSSR count). The lowest BCUT2D eigenvalue weighted by molar-refractivity contribution is -0.120. The van der Waals surface area contributed by atoms with Crippen LogP contribution in [0.15, 0.2) is 35.4 Å². The Balaban J connectivity index is 1.53. The number of thioether (sulfide) groups is 1. The summed E-state index contributed by atoms with van der Waals surface area (Å²) in [6.45, 7) is 11.1. The van der Waals surface area contributed by atoms with Gasteiger partial charge in [0, 0.05) is 40.7 Å². The zero-order chi connectivity index (χ0) is 21.0. The van der Waals surface area contributed by atoms with E-state index in [-0.39, 0.29) is 11.9 Å². The Bertz CT molecular complexity index is 992. The molecule has 0 aliphatic carbocycles. The van der Waals surface area contributed by atoms with Crippen LogP contribution in [0.5, 0.6) is 0 Å². The molecule has 0 spiro atoms. The van der Waals surface area contributed by atoms with Gasteiger partial charge in [0.05, 0.1) is 6.20 Å². The number of rotatable bonds is 8. The standard InChI is InChI=1S/C23H30N4OS/c1-15(2)27-23-21(14-25-27)17(4)20(18(5)26-23)10-11-22(28)24-12-13-29-19-8-6-16(3)7-9-19/h6-9,14-15H,10-13H2,1-5H3,(H,24,28). The summed E-state index contributed by atoms with van der Waals surface area (Å²) in [6, 6.07) is 8.74. The molecule has 0 bridgehead atoms. The van der Waals surface area contributed by atoms with Crippen LogP contribution in [0.2, 0.25) is 0 Å². The number of fused-ring (bicyclic) bond motifs is 1. The van der Waals surface area contributed by atoms with Crippen molar-refractivity contribution >= 4 is 28.7 Å². The highest BCUT2D eigenvalue weighted by atomic mass is 32.2. The van der Waals surface area contributed by atoms with Crippen molar-refractivity contribution in [2.75, 3.05) is 12.3 Å². The fourth-order valence-electron chi connectivity index (χ4n) is 3.46. The van der Waals surface area contributed by atoms with Gasteiger partial charge in [-0.1, -0.05) is 17.7 Å². The SMILES string of the molecule is Cc1ccc(SCCNC(=O)CCc2c(C)nc3c(cnn3C(C)C)c2C)cc1. The number of nitrogens with zero attached hydrogens (tertiary/aromatic N) is 3. The molecule has 154 valence electrons. The maximum absolute atomic E-state index is 12.3. The molecule has 0 saturated carbocycles. The zero-order valence-corrected chi connectivity index (χ0v) is 18.8. The number of hydrogen-bond donors (Lipinski definition) is 1. The van der Waals surface area contributed by atoms with E-state index < -0.39 is 0 Å². The predicted molar refractivity (Wildman–Crippen MR) is 121 cm³/mol. The average Bonchev–Trinajstić information content (AvgIpc) is 3.10. The van der Waals surface area contributed by atoms with Crippen molar-refractivity contribution in [3.8, 4) is 0 Å². The largest absolute Gasteiger partial charge is 0.355 e. The van der Waals surface area contributed by atoms with Gasteiger partial charge in [-0.05, 0) is 64.3 Å². The van der Waals surface area contributed by atoms with Gasteiger partial charge in [-0.25, -0.2) is 9.67 Å². The number of carbonyl (C=O) groups is 1. The molecule has 0 aliphatic rings. The molecule has 0 aliphatic heterocycles. The number of pyridine rings is 1. The van der Waals surface area contributed by atoms with Crippen LogP contribution < -0.4 is 5.32 Å². The van der Waals surface area contributed by atoms with E-state index in [1.165, 1.54) is 16.0 Å². The number of carbonyl (C=O) groups excluding carboxylic acids is 1. The minimum absolute atomic E-state index is 0.0891. The van der Waals surface area contributed by atoms with Crippen LogP contribution in [0.1, 0.15) is 48.7 Å². The Morgan fingerprint density at radius 3 is 2.59 bits per heavy atom. The van der Waals surface area contributed by atoms with Gasteiger partial charge in [-0.2, -0.15) is 5.10 Å². The molecule has 0 atom stereocenters. The molecule has 3 aromatic rings. The van der Waals surface area contributed by atoms with E-state index in [1.807, 2.05) is 17.8 Å². The first-order valence-corrected chi connectivity index (χ1v) is 11.1. The van der Waals surface area contributed by atoms with Gasteiger partial charge < -0.3 is 5.32 Å².